The van der Waals surface area contributed by atoms with Gasteiger partial charge in [0.1, 0.15) is 0 Å². The van der Waals surface area contributed by atoms with Crippen LogP contribution in [-0.4, -0.2) is 27.4 Å². The van der Waals surface area contributed by atoms with Gasteiger partial charge < -0.3 is 11.1 Å². The fourth-order valence-corrected chi connectivity index (χ4v) is 2.76. The van der Waals surface area contributed by atoms with Crippen molar-refractivity contribution in [3.63, 3.8) is 0 Å². The number of azo groups is 1. The zero-order valence-electron chi connectivity index (χ0n) is 13.6. The molecule has 0 radical (unpaired) electrons. The third-order valence-electron chi connectivity index (χ3n) is 3.91. The lowest BCUT2D eigenvalue weighted by Crippen LogP contribution is -2.31. The predicted octanol–water partition coefficient (Wildman–Crippen LogP) is 1.96. The number of rotatable bonds is 7. The van der Waals surface area contributed by atoms with Gasteiger partial charge in [0.25, 0.3) is 0 Å². The topological polar surface area (TPSA) is 89.4 Å². The number of nitrogens with one attached hydrogen (secondary N) is 1. The molecule has 23 heavy (non-hydrogen) atoms. The normalized spacial score (nSPS) is 14.2. The number of hydrogen-bond donors (Lipinski definition) is 2. The molecule has 0 saturated carbocycles. The average molecular weight is 317 g/mol. The zero-order chi connectivity index (χ0) is 16.1. The van der Waals surface area contributed by atoms with Crippen molar-refractivity contribution in [2.45, 2.75) is 45.8 Å². The monoisotopic (exact) mass is 317 g/mol. The molecule has 8 heteroatoms. The van der Waals surface area contributed by atoms with Gasteiger partial charge in [-0.15, -0.1) is 0 Å². The first-order valence-corrected chi connectivity index (χ1v) is 8.33. The van der Waals surface area contributed by atoms with E-state index < -0.39 is 0 Å². The van der Waals surface area contributed by atoms with E-state index in [9.17, 15) is 0 Å². The van der Waals surface area contributed by atoms with E-state index in [0.717, 1.165) is 62.9 Å². The Hall–Kier alpha value is -2.22. The van der Waals surface area contributed by atoms with E-state index in [1.54, 1.807) is 6.20 Å². The highest BCUT2D eigenvalue weighted by molar-refractivity contribution is 5.60. The Morgan fingerprint density at radius 1 is 1.43 bits per heavy atom. The van der Waals surface area contributed by atoms with Crippen LogP contribution >= 0.6 is 0 Å². The van der Waals surface area contributed by atoms with Crippen LogP contribution in [0.4, 0.5) is 17.5 Å². The molecule has 0 spiro atoms. The van der Waals surface area contributed by atoms with E-state index in [0.29, 0.717) is 6.54 Å². The molecule has 3 heterocycles. The number of aryl methyl sites for hydroxylation is 3. The maximum atomic E-state index is 5.63. The number of imidazole rings is 1. The molecule has 8 nitrogen and oxygen atoms in total. The minimum Gasteiger partial charge on any atom is -0.368 e. The average Bonchev–Trinajstić information content (AvgIpc) is 3.15. The summed E-state index contributed by atoms with van der Waals surface area (Å²) in [5.74, 6) is 1.82. The molecule has 0 fully saturated rings. The second-order valence-electron chi connectivity index (χ2n) is 5.71. The van der Waals surface area contributed by atoms with Crippen molar-refractivity contribution in [3.05, 3.63) is 18.6 Å². The van der Waals surface area contributed by atoms with Crippen molar-refractivity contribution in [1.82, 2.24) is 14.3 Å². The summed E-state index contributed by atoms with van der Waals surface area (Å²) in [7, 11) is 0. The summed E-state index contributed by atoms with van der Waals surface area (Å²) < 4.78 is 6.18. The van der Waals surface area contributed by atoms with Gasteiger partial charge in [0.15, 0.2) is 11.5 Å². The van der Waals surface area contributed by atoms with E-state index >= 15 is 0 Å². The number of aromatic nitrogens is 4. The molecule has 124 valence electrons. The molecule has 1 aliphatic rings. The van der Waals surface area contributed by atoms with Gasteiger partial charge in [0, 0.05) is 18.2 Å². The SMILES string of the molecule is CCC[n+]1ccn(CCCN)c1N=Nc1cnn2c1NCCC2. The van der Waals surface area contributed by atoms with E-state index in [1.807, 2.05) is 10.9 Å². The molecule has 3 N–H and O–H groups in total. The summed E-state index contributed by atoms with van der Waals surface area (Å²) in [6.45, 7) is 6.49. The van der Waals surface area contributed by atoms with Crippen molar-refractivity contribution in [2.24, 2.45) is 16.0 Å². The summed E-state index contributed by atoms with van der Waals surface area (Å²) in [5, 5.41) is 16.6. The van der Waals surface area contributed by atoms with Crippen LogP contribution in [0.5, 0.6) is 0 Å². The van der Waals surface area contributed by atoms with Crippen molar-refractivity contribution in [1.29, 1.82) is 0 Å². The van der Waals surface area contributed by atoms with Crippen molar-refractivity contribution < 1.29 is 4.57 Å². The number of fused-ring (bicyclic) bond motifs is 1. The van der Waals surface area contributed by atoms with Gasteiger partial charge in [-0.2, -0.15) is 5.10 Å². The van der Waals surface area contributed by atoms with E-state index in [1.165, 1.54) is 0 Å². The maximum Gasteiger partial charge on any atom is 0.421 e. The molecular weight excluding hydrogens is 292 g/mol. The van der Waals surface area contributed by atoms with Gasteiger partial charge >= 0.3 is 5.95 Å². The van der Waals surface area contributed by atoms with Crippen LogP contribution in [0.3, 0.4) is 0 Å². The Balaban J connectivity index is 1.85. The van der Waals surface area contributed by atoms with Crippen molar-refractivity contribution in [2.75, 3.05) is 18.4 Å². The van der Waals surface area contributed by atoms with E-state index in [2.05, 4.69) is 42.9 Å². The first-order valence-electron chi connectivity index (χ1n) is 8.33. The fourth-order valence-electron chi connectivity index (χ4n) is 2.76. The smallest absolute Gasteiger partial charge is 0.368 e. The third kappa shape index (κ3) is 3.42. The van der Waals surface area contributed by atoms with E-state index in [4.69, 9.17) is 5.73 Å². The lowest BCUT2D eigenvalue weighted by Gasteiger charge is -2.15. The highest BCUT2D eigenvalue weighted by Crippen LogP contribution is 2.28. The first kappa shape index (κ1) is 15.7. The lowest BCUT2D eigenvalue weighted by molar-refractivity contribution is -0.683. The second kappa shape index (κ2) is 7.36. The standard InChI is InChI=1S/C15H24N8/c1-2-7-21-10-11-22(8-3-5-16)15(21)20-19-13-12-18-23-9-4-6-17-14(13)23/h10-12H,2-9,16H2,1H3/p+1. The summed E-state index contributed by atoms with van der Waals surface area (Å²) >= 11 is 0. The van der Waals surface area contributed by atoms with Crippen LogP contribution in [0.15, 0.2) is 28.8 Å². The quantitative estimate of drug-likeness (QED) is 0.604. The van der Waals surface area contributed by atoms with Crippen LogP contribution < -0.4 is 15.6 Å². The molecular formula is C15H25N8+. The van der Waals surface area contributed by atoms with Gasteiger partial charge in [0.05, 0.1) is 31.7 Å². The summed E-state index contributed by atoms with van der Waals surface area (Å²) in [6, 6.07) is 0. The second-order valence-corrected chi connectivity index (χ2v) is 5.71. The Labute approximate surface area is 136 Å². The molecule has 0 bridgehead atoms. The minimum atomic E-state index is 0.670. The Bertz CT molecular complexity index is 669. The number of nitrogens with two attached hydrogens (primary N) is 1. The predicted molar refractivity (Wildman–Crippen MR) is 88.1 cm³/mol. The Morgan fingerprint density at radius 3 is 3.17 bits per heavy atom. The first-order chi connectivity index (χ1) is 11.3. The van der Waals surface area contributed by atoms with Crippen molar-refractivity contribution >= 4 is 17.5 Å². The Kier molecular flexibility index (Phi) is 5.02. The van der Waals surface area contributed by atoms with E-state index in [-0.39, 0.29) is 0 Å². The van der Waals surface area contributed by atoms with Gasteiger partial charge in [-0.05, 0) is 25.8 Å². The molecule has 2 aromatic rings. The van der Waals surface area contributed by atoms with Crippen LogP contribution in [0, 0.1) is 0 Å². The molecule has 0 unspecified atom stereocenters. The highest BCUT2D eigenvalue weighted by Gasteiger charge is 2.19. The maximum absolute atomic E-state index is 5.63. The molecule has 1 aliphatic heterocycles. The molecule has 0 aliphatic carbocycles. The zero-order valence-corrected chi connectivity index (χ0v) is 13.6. The summed E-state index contributed by atoms with van der Waals surface area (Å²) in [5.41, 5.74) is 6.42. The highest BCUT2D eigenvalue weighted by atomic mass is 15.4. The van der Waals surface area contributed by atoms with Crippen LogP contribution in [0.25, 0.3) is 0 Å². The van der Waals surface area contributed by atoms with Crippen LogP contribution in [0.1, 0.15) is 26.2 Å². The fraction of sp³-hybridized carbons (Fsp3) is 0.600. The molecule has 0 amide bonds. The Morgan fingerprint density at radius 2 is 2.35 bits per heavy atom. The summed E-state index contributed by atoms with van der Waals surface area (Å²) in [4.78, 5) is 0. The lowest BCUT2D eigenvalue weighted by atomic mass is 10.3. The number of anilines is 1. The van der Waals surface area contributed by atoms with Gasteiger partial charge in [-0.25, -0.2) is 13.8 Å². The minimum absolute atomic E-state index is 0.670. The molecule has 2 aromatic heterocycles. The largest absolute Gasteiger partial charge is 0.421 e. The van der Waals surface area contributed by atoms with Gasteiger partial charge in [0.2, 0.25) is 0 Å². The molecule has 3 rings (SSSR count). The molecule has 0 aromatic carbocycles. The molecule has 0 saturated heterocycles. The third-order valence-corrected chi connectivity index (χ3v) is 3.91. The van der Waals surface area contributed by atoms with Gasteiger partial charge in [-0.1, -0.05) is 12.0 Å². The number of nitrogens with zero attached hydrogens (tertiary/aromatic N) is 6. The van der Waals surface area contributed by atoms with Crippen LogP contribution in [-0.2, 0) is 19.6 Å². The summed E-state index contributed by atoms with van der Waals surface area (Å²) in [6.07, 6.45) is 8.94. The number of hydrogen-bond acceptors (Lipinski definition) is 5. The molecule has 0 atom stereocenters. The van der Waals surface area contributed by atoms with Crippen LogP contribution in [0.2, 0.25) is 0 Å². The van der Waals surface area contributed by atoms with Crippen molar-refractivity contribution in [3.8, 4) is 0 Å². The van der Waals surface area contributed by atoms with Gasteiger partial charge in [-0.3, -0.25) is 0 Å².